The second kappa shape index (κ2) is 8.89. The third-order valence-electron chi connectivity index (χ3n) is 3.46. The van der Waals surface area contributed by atoms with Crippen LogP contribution >= 0.6 is 11.6 Å². The van der Waals surface area contributed by atoms with Crippen LogP contribution in [0.2, 0.25) is 5.02 Å². The summed E-state index contributed by atoms with van der Waals surface area (Å²) in [6.07, 6.45) is 1.54. The Hall–Kier alpha value is -2.02. The number of nitrogens with zero attached hydrogens (tertiary/aromatic N) is 1. The fourth-order valence-corrected chi connectivity index (χ4v) is 3.75. The SMILES string of the molecule is C=CCN(CCOc1ccccc1Cl)S(=O)(=O)c1ccc(OC)cc1. The van der Waals surface area contributed by atoms with Gasteiger partial charge in [0.05, 0.1) is 17.0 Å². The fraction of sp³-hybridized carbons (Fsp3) is 0.222. The van der Waals surface area contributed by atoms with Gasteiger partial charge in [-0.3, -0.25) is 0 Å². The molecule has 0 bridgehead atoms. The molecule has 5 nitrogen and oxygen atoms in total. The van der Waals surface area contributed by atoms with Crippen LogP contribution in [0.1, 0.15) is 0 Å². The smallest absolute Gasteiger partial charge is 0.243 e. The Morgan fingerprint density at radius 2 is 1.84 bits per heavy atom. The molecule has 25 heavy (non-hydrogen) atoms. The monoisotopic (exact) mass is 381 g/mol. The molecule has 2 aromatic carbocycles. The number of halogens is 1. The van der Waals surface area contributed by atoms with Crippen molar-refractivity contribution in [1.82, 2.24) is 4.31 Å². The minimum atomic E-state index is -3.66. The molecule has 0 radical (unpaired) electrons. The number of benzene rings is 2. The van der Waals surface area contributed by atoms with E-state index in [4.69, 9.17) is 21.1 Å². The van der Waals surface area contributed by atoms with Gasteiger partial charge in [0, 0.05) is 13.1 Å². The van der Waals surface area contributed by atoms with Crippen molar-refractivity contribution in [3.8, 4) is 11.5 Å². The minimum Gasteiger partial charge on any atom is -0.497 e. The molecule has 0 heterocycles. The van der Waals surface area contributed by atoms with Gasteiger partial charge in [-0.25, -0.2) is 8.42 Å². The molecule has 2 aromatic rings. The standard InChI is InChI=1S/C18H20ClNO4S/c1-3-12-20(13-14-24-18-7-5-4-6-17(18)19)25(21,22)16-10-8-15(23-2)9-11-16/h3-11H,1,12-14H2,2H3. The van der Waals surface area contributed by atoms with Crippen LogP contribution in [0.15, 0.2) is 66.1 Å². The second-order valence-corrected chi connectivity index (χ2v) is 7.45. The average molecular weight is 382 g/mol. The van der Waals surface area contributed by atoms with E-state index in [1.54, 1.807) is 36.4 Å². The van der Waals surface area contributed by atoms with Gasteiger partial charge in [0.25, 0.3) is 0 Å². The highest BCUT2D eigenvalue weighted by Crippen LogP contribution is 2.23. The first-order chi connectivity index (χ1) is 12.0. The third kappa shape index (κ3) is 4.98. The van der Waals surface area contributed by atoms with Crippen LogP contribution < -0.4 is 9.47 Å². The van der Waals surface area contributed by atoms with Crippen molar-refractivity contribution in [1.29, 1.82) is 0 Å². The molecule has 0 atom stereocenters. The summed E-state index contributed by atoms with van der Waals surface area (Å²) in [6, 6.07) is 13.3. The lowest BCUT2D eigenvalue weighted by molar-refractivity contribution is 0.280. The molecule has 0 spiro atoms. The molecule has 0 amide bonds. The highest BCUT2D eigenvalue weighted by atomic mass is 35.5. The first-order valence-corrected chi connectivity index (χ1v) is 9.43. The molecule has 0 saturated heterocycles. The summed E-state index contributed by atoms with van der Waals surface area (Å²) in [7, 11) is -2.13. The van der Waals surface area contributed by atoms with Gasteiger partial charge in [0.2, 0.25) is 10.0 Å². The van der Waals surface area contributed by atoms with Crippen LogP contribution in [0.3, 0.4) is 0 Å². The predicted molar refractivity (Wildman–Crippen MR) is 98.9 cm³/mol. The van der Waals surface area contributed by atoms with E-state index in [1.165, 1.54) is 29.6 Å². The van der Waals surface area contributed by atoms with Gasteiger partial charge >= 0.3 is 0 Å². The van der Waals surface area contributed by atoms with Crippen molar-refractivity contribution in [2.45, 2.75) is 4.90 Å². The van der Waals surface area contributed by atoms with Gasteiger partial charge in [-0.2, -0.15) is 4.31 Å². The molecular weight excluding hydrogens is 362 g/mol. The van der Waals surface area contributed by atoms with Crippen LogP contribution in [-0.2, 0) is 10.0 Å². The van der Waals surface area contributed by atoms with Gasteiger partial charge < -0.3 is 9.47 Å². The highest BCUT2D eigenvalue weighted by Gasteiger charge is 2.23. The van der Waals surface area contributed by atoms with Crippen molar-refractivity contribution >= 4 is 21.6 Å². The summed E-state index contributed by atoms with van der Waals surface area (Å²) < 4.78 is 37.5. The second-order valence-electron chi connectivity index (χ2n) is 5.11. The van der Waals surface area contributed by atoms with Crippen molar-refractivity contribution < 1.29 is 17.9 Å². The van der Waals surface area contributed by atoms with E-state index in [1.807, 2.05) is 0 Å². The van der Waals surface area contributed by atoms with Gasteiger partial charge in [0.1, 0.15) is 18.1 Å². The number of ether oxygens (including phenoxy) is 2. The fourth-order valence-electron chi connectivity index (χ4n) is 2.17. The third-order valence-corrected chi connectivity index (χ3v) is 5.66. The molecule has 0 aliphatic rings. The Bertz CT molecular complexity index is 806. The van der Waals surface area contributed by atoms with Gasteiger partial charge in [-0.15, -0.1) is 6.58 Å². The molecule has 0 fully saturated rings. The lowest BCUT2D eigenvalue weighted by atomic mass is 10.3. The topological polar surface area (TPSA) is 55.8 Å². The summed E-state index contributed by atoms with van der Waals surface area (Å²) in [5.41, 5.74) is 0. The lowest BCUT2D eigenvalue weighted by Crippen LogP contribution is -2.34. The molecule has 0 N–H and O–H groups in total. The van der Waals surface area contributed by atoms with E-state index in [0.29, 0.717) is 16.5 Å². The van der Waals surface area contributed by atoms with Crippen LogP contribution in [0, 0.1) is 0 Å². The normalized spacial score (nSPS) is 11.3. The molecule has 0 aliphatic carbocycles. The first kappa shape index (κ1) is 19.3. The van der Waals surface area contributed by atoms with Crippen LogP contribution in [0.5, 0.6) is 11.5 Å². The van der Waals surface area contributed by atoms with E-state index in [9.17, 15) is 8.42 Å². The number of methoxy groups -OCH3 is 1. The van der Waals surface area contributed by atoms with Crippen molar-refractivity contribution in [3.05, 3.63) is 66.2 Å². The minimum absolute atomic E-state index is 0.172. The number of rotatable bonds is 9. The van der Waals surface area contributed by atoms with Crippen LogP contribution in [-0.4, -0.2) is 39.5 Å². The van der Waals surface area contributed by atoms with E-state index in [2.05, 4.69) is 6.58 Å². The highest BCUT2D eigenvalue weighted by molar-refractivity contribution is 7.89. The molecule has 0 aliphatic heterocycles. The quantitative estimate of drug-likeness (QED) is 0.623. The largest absolute Gasteiger partial charge is 0.497 e. The van der Waals surface area contributed by atoms with Crippen molar-refractivity contribution in [3.63, 3.8) is 0 Å². The Balaban J connectivity index is 2.10. The van der Waals surface area contributed by atoms with E-state index >= 15 is 0 Å². The summed E-state index contributed by atoms with van der Waals surface area (Å²) in [6.45, 7) is 4.15. The molecule has 7 heteroatoms. The Morgan fingerprint density at radius 1 is 1.16 bits per heavy atom. The molecule has 134 valence electrons. The Morgan fingerprint density at radius 3 is 2.44 bits per heavy atom. The molecule has 0 saturated carbocycles. The van der Waals surface area contributed by atoms with E-state index in [-0.39, 0.29) is 24.6 Å². The van der Waals surface area contributed by atoms with Crippen LogP contribution in [0.4, 0.5) is 0 Å². The zero-order chi connectivity index (χ0) is 18.3. The number of hydrogen-bond acceptors (Lipinski definition) is 4. The Kier molecular flexibility index (Phi) is 6.87. The molecule has 0 unspecified atom stereocenters. The summed E-state index contributed by atoms with van der Waals surface area (Å²) >= 11 is 6.03. The first-order valence-electron chi connectivity index (χ1n) is 7.61. The number of sulfonamides is 1. The van der Waals surface area contributed by atoms with Gasteiger partial charge in [0.15, 0.2) is 0 Å². The maximum atomic E-state index is 12.8. The average Bonchev–Trinajstić information content (AvgIpc) is 2.62. The van der Waals surface area contributed by atoms with Crippen LogP contribution in [0.25, 0.3) is 0 Å². The summed E-state index contributed by atoms with van der Waals surface area (Å²) in [4.78, 5) is 0.188. The zero-order valence-corrected chi connectivity index (χ0v) is 15.5. The van der Waals surface area contributed by atoms with Crippen molar-refractivity contribution in [2.75, 3.05) is 26.8 Å². The Labute approximate surface area is 153 Å². The summed E-state index contributed by atoms with van der Waals surface area (Å²) in [5.74, 6) is 1.11. The summed E-state index contributed by atoms with van der Waals surface area (Å²) in [5, 5.41) is 0.482. The van der Waals surface area contributed by atoms with Gasteiger partial charge in [-0.05, 0) is 36.4 Å². The maximum absolute atomic E-state index is 12.8. The lowest BCUT2D eigenvalue weighted by Gasteiger charge is -2.21. The zero-order valence-electron chi connectivity index (χ0n) is 13.9. The van der Waals surface area contributed by atoms with E-state index < -0.39 is 10.0 Å². The maximum Gasteiger partial charge on any atom is 0.243 e. The number of hydrogen-bond donors (Lipinski definition) is 0. The number of para-hydroxylation sites is 1. The van der Waals surface area contributed by atoms with E-state index in [0.717, 1.165) is 0 Å². The van der Waals surface area contributed by atoms with Crippen molar-refractivity contribution in [2.24, 2.45) is 0 Å². The van der Waals surface area contributed by atoms with Gasteiger partial charge in [-0.1, -0.05) is 29.8 Å². The predicted octanol–water partition coefficient (Wildman–Crippen LogP) is 3.60. The molecular formula is C18H20ClNO4S. The molecule has 0 aromatic heterocycles. The molecule has 2 rings (SSSR count).